The summed E-state index contributed by atoms with van der Waals surface area (Å²) in [5, 5.41) is 0. The SMILES string of the molecule is CCCC(OCC)S(=O)(=O)[O-].CC[N+]1(C)CCCC1. The number of quaternary nitrogens is 1. The highest BCUT2D eigenvalue weighted by molar-refractivity contribution is 7.86. The molecule has 0 spiro atoms. The van der Waals surface area contributed by atoms with Crippen LogP contribution in [0, 0.1) is 0 Å². The van der Waals surface area contributed by atoms with Gasteiger partial charge in [0.25, 0.3) is 0 Å². The molecule has 1 unspecified atom stereocenters. The second kappa shape index (κ2) is 8.89. The zero-order valence-corrected chi connectivity index (χ0v) is 13.5. The Bertz CT molecular complexity index is 318. The molecule has 0 bridgehead atoms. The Labute approximate surface area is 118 Å². The van der Waals surface area contributed by atoms with Crippen LogP contribution in [-0.4, -0.2) is 56.2 Å². The van der Waals surface area contributed by atoms with Crippen LogP contribution in [0.1, 0.15) is 46.5 Å². The molecule has 1 saturated heterocycles. The van der Waals surface area contributed by atoms with Crippen LogP contribution in [0.15, 0.2) is 0 Å². The molecule has 1 aliphatic heterocycles. The third-order valence-electron chi connectivity index (χ3n) is 3.61. The van der Waals surface area contributed by atoms with Gasteiger partial charge in [-0.3, -0.25) is 0 Å². The first-order valence-electron chi connectivity index (χ1n) is 7.19. The van der Waals surface area contributed by atoms with Crippen molar-refractivity contribution in [3.63, 3.8) is 0 Å². The maximum Gasteiger partial charge on any atom is 0.147 e. The summed E-state index contributed by atoms with van der Waals surface area (Å²) in [7, 11) is -1.91. The maximum absolute atomic E-state index is 10.4. The van der Waals surface area contributed by atoms with Gasteiger partial charge in [-0.1, -0.05) is 13.3 Å². The molecule has 0 aromatic carbocycles. The minimum atomic E-state index is -4.26. The summed E-state index contributed by atoms with van der Waals surface area (Å²) in [6, 6.07) is 0. The van der Waals surface area contributed by atoms with Gasteiger partial charge in [-0.15, -0.1) is 0 Å². The lowest BCUT2D eigenvalue weighted by atomic mass is 10.4. The Balaban J connectivity index is 0.000000356. The van der Waals surface area contributed by atoms with E-state index in [2.05, 4.69) is 14.0 Å². The molecule has 1 aliphatic rings. The number of nitrogens with zero attached hydrogens (tertiary/aromatic N) is 1. The average molecular weight is 295 g/mol. The normalized spacial score (nSPS) is 19.6. The highest BCUT2D eigenvalue weighted by Crippen LogP contribution is 2.14. The highest BCUT2D eigenvalue weighted by atomic mass is 32.2. The smallest absolute Gasteiger partial charge is 0.147 e. The molecule has 6 heteroatoms. The summed E-state index contributed by atoms with van der Waals surface area (Å²) in [5.74, 6) is 0. The molecule has 0 radical (unpaired) electrons. The third-order valence-corrected chi connectivity index (χ3v) is 4.62. The quantitative estimate of drug-likeness (QED) is 0.555. The highest BCUT2D eigenvalue weighted by Gasteiger charge is 2.23. The molecule has 1 fully saturated rings. The largest absolute Gasteiger partial charge is 0.746 e. The van der Waals surface area contributed by atoms with Crippen molar-refractivity contribution in [1.29, 1.82) is 0 Å². The third kappa shape index (κ3) is 7.87. The fraction of sp³-hybridized carbons (Fsp3) is 1.00. The zero-order chi connectivity index (χ0) is 14.9. The second-order valence-electron chi connectivity index (χ2n) is 5.26. The molecule has 1 heterocycles. The molecule has 0 aromatic rings. The molecule has 5 nitrogen and oxygen atoms in total. The molecule has 0 N–H and O–H groups in total. The lowest BCUT2D eigenvalue weighted by molar-refractivity contribution is -0.895. The van der Waals surface area contributed by atoms with Crippen LogP contribution in [0.3, 0.4) is 0 Å². The van der Waals surface area contributed by atoms with Crippen LogP contribution < -0.4 is 0 Å². The van der Waals surface area contributed by atoms with E-state index < -0.39 is 15.6 Å². The Hall–Kier alpha value is -0.170. The van der Waals surface area contributed by atoms with E-state index in [1.807, 2.05) is 0 Å². The molecule has 0 aromatic heterocycles. The summed E-state index contributed by atoms with van der Waals surface area (Å²) in [6.07, 6.45) is 3.81. The summed E-state index contributed by atoms with van der Waals surface area (Å²) >= 11 is 0. The topological polar surface area (TPSA) is 66.4 Å². The summed E-state index contributed by atoms with van der Waals surface area (Å²) < 4.78 is 37.4. The Morgan fingerprint density at radius 1 is 1.21 bits per heavy atom. The number of hydrogen-bond acceptors (Lipinski definition) is 4. The lowest BCUT2D eigenvalue weighted by Gasteiger charge is -2.26. The Kier molecular flexibility index (Phi) is 8.81. The molecule has 0 saturated carbocycles. The van der Waals surface area contributed by atoms with Crippen molar-refractivity contribution >= 4 is 10.1 Å². The van der Waals surface area contributed by atoms with Gasteiger partial charge in [0.2, 0.25) is 0 Å². The van der Waals surface area contributed by atoms with Gasteiger partial charge in [0.05, 0.1) is 26.7 Å². The molecule has 0 amide bonds. The molecule has 0 aliphatic carbocycles. The van der Waals surface area contributed by atoms with E-state index in [0.29, 0.717) is 6.42 Å². The van der Waals surface area contributed by atoms with Gasteiger partial charge in [0.15, 0.2) is 0 Å². The fourth-order valence-electron chi connectivity index (χ4n) is 2.15. The Morgan fingerprint density at radius 3 is 2.00 bits per heavy atom. The van der Waals surface area contributed by atoms with Gasteiger partial charge in [0.1, 0.15) is 15.6 Å². The van der Waals surface area contributed by atoms with Crippen molar-refractivity contribution < 1.29 is 22.2 Å². The van der Waals surface area contributed by atoms with Crippen LogP contribution in [0.4, 0.5) is 0 Å². The predicted molar refractivity (Wildman–Crippen MR) is 75.7 cm³/mol. The van der Waals surface area contributed by atoms with Crippen LogP contribution in [-0.2, 0) is 14.9 Å². The van der Waals surface area contributed by atoms with E-state index in [1.54, 1.807) is 13.8 Å². The summed E-state index contributed by atoms with van der Waals surface area (Å²) in [5.41, 5.74) is -1.16. The second-order valence-corrected chi connectivity index (χ2v) is 6.77. The van der Waals surface area contributed by atoms with Gasteiger partial charge in [0, 0.05) is 19.4 Å². The predicted octanol–water partition coefficient (Wildman–Crippen LogP) is 1.94. The van der Waals surface area contributed by atoms with E-state index in [9.17, 15) is 13.0 Å². The van der Waals surface area contributed by atoms with Crippen molar-refractivity contribution in [3.05, 3.63) is 0 Å². The average Bonchev–Trinajstić information content (AvgIpc) is 2.76. The molecule has 19 heavy (non-hydrogen) atoms. The number of rotatable bonds is 6. The van der Waals surface area contributed by atoms with Gasteiger partial charge in [-0.2, -0.15) is 0 Å². The zero-order valence-electron chi connectivity index (χ0n) is 12.7. The van der Waals surface area contributed by atoms with E-state index in [-0.39, 0.29) is 13.0 Å². The van der Waals surface area contributed by atoms with Crippen molar-refractivity contribution in [2.45, 2.75) is 51.9 Å². The lowest BCUT2D eigenvalue weighted by Crippen LogP contribution is -2.40. The van der Waals surface area contributed by atoms with Crippen molar-refractivity contribution in [2.75, 3.05) is 33.3 Å². The fourth-order valence-corrected chi connectivity index (χ4v) is 2.97. The Morgan fingerprint density at radius 2 is 1.74 bits per heavy atom. The number of hydrogen-bond donors (Lipinski definition) is 0. The first kappa shape index (κ1) is 18.8. The van der Waals surface area contributed by atoms with Crippen molar-refractivity contribution in [2.24, 2.45) is 0 Å². The van der Waals surface area contributed by atoms with Crippen molar-refractivity contribution in [3.8, 4) is 0 Å². The standard InChI is InChI=1S/C7H16N.C6H14O4S/c1-3-8(2)6-4-5-7-8;1-3-5-6(10-4-2)11(7,8)9/h3-7H2,1-2H3;6H,3-5H2,1-2H3,(H,7,8,9)/q+1;/p-1. The first-order valence-corrected chi connectivity index (χ1v) is 8.66. The van der Waals surface area contributed by atoms with Crippen LogP contribution >= 0.6 is 0 Å². The molecular weight excluding hydrogens is 266 g/mol. The van der Waals surface area contributed by atoms with Gasteiger partial charge in [-0.25, -0.2) is 8.42 Å². The molecular formula is C13H29NO4S. The minimum absolute atomic E-state index is 0.256. The molecule has 116 valence electrons. The molecule has 1 atom stereocenters. The van der Waals surface area contributed by atoms with E-state index in [1.165, 1.54) is 37.0 Å². The number of likely N-dealkylation sites (tertiary alicyclic amines) is 1. The summed E-state index contributed by atoms with van der Waals surface area (Å²) in [6.45, 7) is 10.1. The van der Waals surface area contributed by atoms with Gasteiger partial charge in [-0.05, 0) is 20.3 Å². The minimum Gasteiger partial charge on any atom is -0.746 e. The van der Waals surface area contributed by atoms with Gasteiger partial charge < -0.3 is 13.8 Å². The van der Waals surface area contributed by atoms with Crippen LogP contribution in [0.5, 0.6) is 0 Å². The molecule has 1 rings (SSSR count). The van der Waals surface area contributed by atoms with Gasteiger partial charge >= 0.3 is 0 Å². The summed E-state index contributed by atoms with van der Waals surface area (Å²) in [4.78, 5) is 0. The number of ether oxygens (including phenoxy) is 1. The first-order chi connectivity index (χ1) is 8.79. The van der Waals surface area contributed by atoms with E-state index >= 15 is 0 Å². The van der Waals surface area contributed by atoms with Crippen LogP contribution in [0.2, 0.25) is 0 Å². The van der Waals surface area contributed by atoms with E-state index in [0.717, 1.165) is 0 Å². The monoisotopic (exact) mass is 295 g/mol. The van der Waals surface area contributed by atoms with E-state index in [4.69, 9.17) is 4.74 Å². The maximum atomic E-state index is 10.4. The van der Waals surface area contributed by atoms with Crippen LogP contribution in [0.25, 0.3) is 0 Å². The van der Waals surface area contributed by atoms with Crippen molar-refractivity contribution in [1.82, 2.24) is 0 Å².